The molecule has 0 saturated carbocycles. The van der Waals surface area contributed by atoms with E-state index in [9.17, 15) is 27.9 Å². The van der Waals surface area contributed by atoms with Crippen LogP contribution in [0.2, 0.25) is 10.0 Å². The summed E-state index contributed by atoms with van der Waals surface area (Å²) in [6, 6.07) is 12.0. The molecule has 0 spiro atoms. The van der Waals surface area contributed by atoms with E-state index in [1.54, 1.807) is 18.2 Å². The van der Waals surface area contributed by atoms with Gasteiger partial charge < -0.3 is 19.7 Å². The molecule has 4 aromatic rings. The van der Waals surface area contributed by atoms with Gasteiger partial charge in [-0.3, -0.25) is 9.59 Å². The Morgan fingerprint density at radius 1 is 1.15 bits per heavy atom. The Morgan fingerprint density at radius 3 is 2.66 bits per heavy atom. The lowest BCUT2D eigenvalue weighted by Crippen LogP contribution is -2.42. The van der Waals surface area contributed by atoms with E-state index >= 15 is 0 Å². The summed E-state index contributed by atoms with van der Waals surface area (Å²) in [7, 11) is -3.54. The van der Waals surface area contributed by atoms with Crippen LogP contribution in [0.3, 0.4) is 0 Å². The van der Waals surface area contributed by atoms with Crippen LogP contribution in [0.4, 0.5) is 0 Å². The van der Waals surface area contributed by atoms with Crippen LogP contribution in [0.5, 0.6) is 0 Å². The van der Waals surface area contributed by atoms with Crippen molar-refractivity contribution in [2.45, 2.75) is 30.3 Å². The zero-order valence-electron chi connectivity index (χ0n) is 23.5. The number of carbonyl (C=O) groups is 3. The molecule has 3 aromatic carbocycles. The summed E-state index contributed by atoms with van der Waals surface area (Å²) in [5.41, 5.74) is 1.10. The van der Waals surface area contributed by atoms with Crippen molar-refractivity contribution in [3.05, 3.63) is 98.7 Å². The standard InChI is InChI=1S/C29H24Cl2N2O7S/c1-41(38,39)20-4-2-3-16(11-20)12-23(29(36)37)32-27(34)25-22(30)13-19-15-33(9-7-21(19)26(25)31)28(35)18-6-5-17-8-10-40-24(17)14-18/h2-6,8,10-11,13-14,23H,7,9,12,15H2,1H3,(H,32,34)(H,36,37)/t23-/m0/s1/i15D2. The Bertz CT molecular complexity index is 1910. The van der Waals surface area contributed by atoms with Gasteiger partial charge in [0.25, 0.3) is 11.8 Å². The molecule has 2 heterocycles. The van der Waals surface area contributed by atoms with Crippen LogP contribution in [0.1, 0.15) is 40.1 Å². The molecule has 41 heavy (non-hydrogen) atoms. The van der Waals surface area contributed by atoms with Crippen molar-refractivity contribution in [3.8, 4) is 0 Å². The maximum Gasteiger partial charge on any atom is 0.326 e. The van der Waals surface area contributed by atoms with Gasteiger partial charge in [0.15, 0.2) is 9.84 Å². The highest BCUT2D eigenvalue weighted by Crippen LogP contribution is 2.35. The third-order valence-electron chi connectivity index (χ3n) is 6.71. The molecule has 0 saturated heterocycles. The monoisotopic (exact) mass is 616 g/mol. The zero-order chi connectivity index (χ0) is 31.3. The second-order valence-electron chi connectivity index (χ2n) is 9.55. The van der Waals surface area contributed by atoms with Gasteiger partial charge in [-0.1, -0.05) is 41.4 Å². The summed E-state index contributed by atoms with van der Waals surface area (Å²) in [6.45, 7) is -2.41. The number of sulfone groups is 1. The fourth-order valence-corrected chi connectivity index (χ4v) is 6.02. The van der Waals surface area contributed by atoms with Crippen molar-refractivity contribution in [1.29, 1.82) is 0 Å². The highest BCUT2D eigenvalue weighted by Gasteiger charge is 2.30. The van der Waals surface area contributed by atoms with Gasteiger partial charge in [-0.25, -0.2) is 13.2 Å². The fraction of sp³-hybridized carbons (Fsp3) is 0.207. The lowest BCUT2D eigenvalue weighted by atomic mass is 9.95. The Morgan fingerprint density at radius 2 is 1.93 bits per heavy atom. The topological polar surface area (TPSA) is 134 Å². The molecule has 1 aromatic heterocycles. The van der Waals surface area contributed by atoms with Crippen LogP contribution in [-0.2, 0) is 34.0 Å². The van der Waals surface area contributed by atoms with Crippen LogP contribution < -0.4 is 5.32 Å². The van der Waals surface area contributed by atoms with Crippen LogP contribution in [-0.4, -0.2) is 55.1 Å². The molecule has 0 fully saturated rings. The van der Waals surface area contributed by atoms with Crippen molar-refractivity contribution >= 4 is 61.8 Å². The molecule has 0 bridgehead atoms. The number of carbonyl (C=O) groups excluding carboxylic acids is 2. The van der Waals surface area contributed by atoms with Gasteiger partial charge in [-0.2, -0.15) is 0 Å². The normalized spacial score (nSPS) is 15.9. The molecular weight excluding hydrogens is 591 g/mol. The third kappa shape index (κ3) is 5.95. The minimum Gasteiger partial charge on any atom is -0.480 e. The molecule has 1 aliphatic heterocycles. The smallest absolute Gasteiger partial charge is 0.326 e. The molecule has 12 heteroatoms. The summed E-state index contributed by atoms with van der Waals surface area (Å²) in [4.78, 5) is 39.8. The second-order valence-corrected chi connectivity index (χ2v) is 12.4. The molecule has 2 N–H and O–H groups in total. The molecule has 5 rings (SSSR count). The number of carboxylic acids is 1. The van der Waals surface area contributed by atoms with Gasteiger partial charge in [0, 0.05) is 36.7 Å². The Labute approximate surface area is 248 Å². The van der Waals surface area contributed by atoms with Gasteiger partial charge in [0.1, 0.15) is 11.6 Å². The molecule has 2 amide bonds. The summed E-state index contributed by atoms with van der Waals surface area (Å²) < 4.78 is 46.8. The van der Waals surface area contributed by atoms with E-state index in [-0.39, 0.29) is 56.6 Å². The van der Waals surface area contributed by atoms with Crippen molar-refractivity contribution in [3.63, 3.8) is 0 Å². The molecule has 0 unspecified atom stereocenters. The first kappa shape index (κ1) is 26.1. The minimum absolute atomic E-state index is 0.00422. The van der Waals surface area contributed by atoms with E-state index in [4.69, 9.17) is 30.4 Å². The number of rotatable bonds is 7. The van der Waals surface area contributed by atoms with Gasteiger partial charge in [-0.15, -0.1) is 0 Å². The van der Waals surface area contributed by atoms with Crippen LogP contribution in [0.25, 0.3) is 11.0 Å². The van der Waals surface area contributed by atoms with E-state index in [2.05, 4.69) is 5.32 Å². The number of aliphatic carboxylic acids is 1. The maximum atomic E-state index is 13.4. The van der Waals surface area contributed by atoms with Crippen LogP contribution in [0.15, 0.2) is 70.2 Å². The number of nitrogens with one attached hydrogen (secondary N) is 1. The second kappa shape index (κ2) is 11.2. The lowest BCUT2D eigenvalue weighted by molar-refractivity contribution is -0.139. The van der Waals surface area contributed by atoms with Gasteiger partial charge in [0.05, 0.1) is 29.5 Å². The lowest BCUT2D eigenvalue weighted by Gasteiger charge is -2.30. The Balaban J connectivity index is 1.41. The zero-order valence-corrected chi connectivity index (χ0v) is 23.8. The number of amides is 2. The number of halogens is 2. The Hall–Kier alpha value is -3.86. The SMILES string of the molecule is [2H]C1([2H])c2cc(Cl)c(C(=O)N[C@@H](Cc3cccc(S(C)(=O)=O)c3)C(=O)O)c(Cl)c2CCN1C(=O)c1ccc2ccoc2c1. The van der Waals surface area contributed by atoms with Crippen molar-refractivity contribution in [1.82, 2.24) is 10.2 Å². The number of nitrogens with zero attached hydrogens (tertiary/aromatic N) is 1. The van der Waals surface area contributed by atoms with E-state index in [0.29, 0.717) is 11.1 Å². The largest absolute Gasteiger partial charge is 0.480 e. The van der Waals surface area contributed by atoms with Gasteiger partial charge >= 0.3 is 5.97 Å². The summed E-state index contributed by atoms with van der Waals surface area (Å²) in [5.74, 6) is -2.86. The van der Waals surface area contributed by atoms with E-state index in [1.807, 2.05) is 0 Å². The number of carboxylic acid groups (broad SMARTS) is 1. The maximum absolute atomic E-state index is 13.4. The first-order valence-corrected chi connectivity index (χ1v) is 15.0. The van der Waals surface area contributed by atoms with Crippen molar-refractivity contribution in [2.75, 3.05) is 12.8 Å². The molecule has 9 nitrogen and oxygen atoms in total. The average Bonchev–Trinajstić information content (AvgIpc) is 3.40. The highest BCUT2D eigenvalue weighted by molar-refractivity contribution is 7.90. The molecule has 0 radical (unpaired) electrons. The first-order valence-electron chi connectivity index (χ1n) is 13.3. The average molecular weight is 618 g/mol. The fourth-order valence-electron chi connectivity index (χ4n) is 4.60. The molecule has 0 aliphatic carbocycles. The number of fused-ring (bicyclic) bond motifs is 2. The number of benzene rings is 3. The quantitative estimate of drug-likeness (QED) is 0.305. The van der Waals surface area contributed by atoms with E-state index in [0.717, 1.165) is 16.5 Å². The van der Waals surface area contributed by atoms with Gasteiger partial charge in [-0.05, 0) is 59.5 Å². The first-order chi connectivity index (χ1) is 20.2. The highest BCUT2D eigenvalue weighted by atomic mass is 35.5. The summed E-state index contributed by atoms with van der Waals surface area (Å²) in [6.07, 6.45) is 2.39. The predicted octanol–water partition coefficient (Wildman–Crippen LogP) is 4.77. The molecule has 1 atom stereocenters. The summed E-state index contributed by atoms with van der Waals surface area (Å²) >= 11 is 13.0. The van der Waals surface area contributed by atoms with Crippen LogP contribution in [0, 0.1) is 0 Å². The predicted molar refractivity (Wildman–Crippen MR) is 153 cm³/mol. The molecule has 1 aliphatic rings. The van der Waals surface area contributed by atoms with E-state index < -0.39 is 40.2 Å². The number of hydrogen-bond donors (Lipinski definition) is 2. The van der Waals surface area contributed by atoms with Crippen molar-refractivity contribution in [2.24, 2.45) is 0 Å². The Kier molecular flexibility index (Phi) is 7.12. The minimum atomic E-state index is -3.54. The molecule has 212 valence electrons. The third-order valence-corrected chi connectivity index (χ3v) is 8.53. The van der Waals surface area contributed by atoms with Crippen molar-refractivity contribution < 1.29 is 35.1 Å². The molecular formula is C29H24Cl2N2O7S. The van der Waals surface area contributed by atoms with Crippen LogP contribution >= 0.6 is 23.2 Å². The summed E-state index contributed by atoms with van der Waals surface area (Å²) in [5, 5.41) is 12.6. The number of furan rings is 1. The van der Waals surface area contributed by atoms with Gasteiger partial charge in [0.2, 0.25) is 0 Å². The van der Waals surface area contributed by atoms with E-state index in [1.165, 1.54) is 42.7 Å². The number of hydrogen-bond acceptors (Lipinski definition) is 6.